The van der Waals surface area contributed by atoms with Crippen molar-refractivity contribution in [2.45, 2.75) is 25.3 Å². The van der Waals surface area contributed by atoms with Gasteiger partial charge < -0.3 is 20.7 Å². The van der Waals surface area contributed by atoms with Crippen LogP contribution in [0.2, 0.25) is 0 Å². The lowest BCUT2D eigenvalue weighted by molar-refractivity contribution is 0.244. The first-order valence-electron chi connectivity index (χ1n) is 7.77. The minimum absolute atomic E-state index is 0.160. The van der Waals surface area contributed by atoms with Crippen molar-refractivity contribution in [3.63, 3.8) is 0 Å². The summed E-state index contributed by atoms with van der Waals surface area (Å²) in [6.45, 7) is 1.08. The Morgan fingerprint density at radius 1 is 1.32 bits per heavy atom. The van der Waals surface area contributed by atoms with Gasteiger partial charge in [0, 0.05) is 19.1 Å². The Hall–Kier alpha value is -2.15. The molecule has 0 amide bonds. The van der Waals surface area contributed by atoms with Gasteiger partial charge in [-0.15, -0.1) is 0 Å². The number of hydrogen-bond acceptors (Lipinski definition) is 6. The molecule has 2 heterocycles. The van der Waals surface area contributed by atoms with E-state index in [2.05, 4.69) is 26.3 Å². The van der Waals surface area contributed by atoms with Gasteiger partial charge in [-0.2, -0.15) is 9.97 Å². The summed E-state index contributed by atoms with van der Waals surface area (Å²) in [5.41, 5.74) is 7.37. The molecule has 0 aliphatic heterocycles. The largest absolute Gasteiger partial charge is 0.396 e. The molecule has 2 aliphatic carbocycles. The maximum atomic E-state index is 9.28. The molecule has 2 aromatic rings. The average Bonchev–Trinajstić information content (AvgIpc) is 3.05. The van der Waals surface area contributed by atoms with Crippen LogP contribution in [0.5, 0.6) is 0 Å². The van der Waals surface area contributed by atoms with Gasteiger partial charge in [0.25, 0.3) is 0 Å². The summed E-state index contributed by atoms with van der Waals surface area (Å²) in [7, 11) is 0. The number of fused-ring (bicyclic) bond motifs is 1. The highest BCUT2D eigenvalue weighted by atomic mass is 16.3. The van der Waals surface area contributed by atoms with Gasteiger partial charge in [0.05, 0.1) is 12.4 Å². The Kier molecular flexibility index (Phi) is 3.22. The fraction of sp³-hybridized carbons (Fsp3) is 0.533. The fourth-order valence-corrected chi connectivity index (χ4v) is 2.96. The minimum atomic E-state index is 0.160. The van der Waals surface area contributed by atoms with Gasteiger partial charge in [-0.1, -0.05) is 12.2 Å². The number of aliphatic hydroxyl groups is 1. The van der Waals surface area contributed by atoms with Crippen molar-refractivity contribution in [3.8, 4) is 0 Å². The first-order valence-corrected chi connectivity index (χ1v) is 7.77. The summed E-state index contributed by atoms with van der Waals surface area (Å²) in [5, 5.41) is 12.6. The van der Waals surface area contributed by atoms with E-state index in [-0.39, 0.29) is 24.5 Å². The van der Waals surface area contributed by atoms with Crippen LogP contribution in [0.1, 0.15) is 25.3 Å². The van der Waals surface area contributed by atoms with Crippen molar-refractivity contribution < 1.29 is 5.11 Å². The number of nitrogens with one attached hydrogen (secondary N) is 1. The number of aliphatic hydroxyl groups excluding tert-OH is 1. The Balaban J connectivity index is 1.67. The highest BCUT2D eigenvalue weighted by Gasteiger charge is 2.24. The van der Waals surface area contributed by atoms with Crippen molar-refractivity contribution in [2.24, 2.45) is 11.8 Å². The predicted molar refractivity (Wildman–Crippen MR) is 84.3 cm³/mol. The summed E-state index contributed by atoms with van der Waals surface area (Å²) < 4.78 is 2.02. The number of anilines is 2. The first-order chi connectivity index (χ1) is 10.7. The van der Waals surface area contributed by atoms with Crippen molar-refractivity contribution in [2.75, 3.05) is 24.2 Å². The van der Waals surface area contributed by atoms with Gasteiger partial charge in [-0.25, -0.2) is 4.98 Å². The second-order valence-electron chi connectivity index (χ2n) is 6.21. The van der Waals surface area contributed by atoms with Crippen LogP contribution < -0.4 is 11.1 Å². The van der Waals surface area contributed by atoms with E-state index >= 15 is 0 Å². The molecular weight excluding hydrogens is 280 g/mol. The molecule has 0 radical (unpaired) electrons. The first kappa shape index (κ1) is 13.5. The van der Waals surface area contributed by atoms with Crippen molar-refractivity contribution in [1.82, 2.24) is 19.5 Å². The Morgan fingerprint density at radius 3 is 2.91 bits per heavy atom. The van der Waals surface area contributed by atoms with E-state index in [1.165, 1.54) is 12.8 Å². The molecule has 4 rings (SSSR count). The molecule has 4 N–H and O–H groups in total. The Bertz CT molecular complexity index is 720. The van der Waals surface area contributed by atoms with Gasteiger partial charge >= 0.3 is 0 Å². The van der Waals surface area contributed by atoms with E-state index in [0.717, 1.165) is 30.0 Å². The summed E-state index contributed by atoms with van der Waals surface area (Å²) in [5.74, 6) is 1.92. The number of rotatable bonds is 5. The summed E-state index contributed by atoms with van der Waals surface area (Å²) in [6, 6.07) is 0.160. The number of nitrogen functional groups attached to an aromatic ring is 1. The van der Waals surface area contributed by atoms with Gasteiger partial charge in [0.15, 0.2) is 17.0 Å². The molecule has 2 atom stereocenters. The van der Waals surface area contributed by atoms with Crippen molar-refractivity contribution in [3.05, 3.63) is 18.5 Å². The number of aromatic nitrogens is 4. The summed E-state index contributed by atoms with van der Waals surface area (Å²) >= 11 is 0. The average molecular weight is 300 g/mol. The van der Waals surface area contributed by atoms with Gasteiger partial charge in [-0.3, -0.25) is 0 Å². The normalized spacial score (nSPS) is 24.2. The van der Waals surface area contributed by atoms with Crippen LogP contribution in [0, 0.1) is 11.8 Å². The number of nitrogens with two attached hydrogens (primary N) is 1. The van der Waals surface area contributed by atoms with Crippen LogP contribution >= 0.6 is 0 Å². The lowest BCUT2D eigenvalue weighted by Crippen LogP contribution is -2.10. The SMILES string of the molecule is Nc1nc(NCC2CC2)c2ncn([C@@H]3C=C[C@H](CO)C3)c2n1. The molecule has 0 unspecified atom stereocenters. The van der Waals surface area contributed by atoms with Crippen LogP contribution in [0.3, 0.4) is 0 Å². The van der Waals surface area contributed by atoms with E-state index in [1.54, 1.807) is 6.33 Å². The molecule has 7 heteroatoms. The molecule has 0 spiro atoms. The molecular formula is C15H20N6O. The molecule has 2 aliphatic rings. The molecule has 1 fully saturated rings. The van der Waals surface area contributed by atoms with E-state index in [0.29, 0.717) is 5.82 Å². The van der Waals surface area contributed by atoms with E-state index in [4.69, 9.17) is 5.73 Å². The molecule has 0 bridgehead atoms. The minimum Gasteiger partial charge on any atom is -0.396 e. The monoisotopic (exact) mass is 300 g/mol. The third-order valence-electron chi connectivity index (χ3n) is 4.44. The lowest BCUT2D eigenvalue weighted by Gasteiger charge is -2.13. The maximum absolute atomic E-state index is 9.28. The Labute approximate surface area is 128 Å². The van der Waals surface area contributed by atoms with Crippen LogP contribution in [0.15, 0.2) is 18.5 Å². The fourth-order valence-electron chi connectivity index (χ4n) is 2.96. The molecule has 22 heavy (non-hydrogen) atoms. The van der Waals surface area contributed by atoms with Crippen LogP contribution in [0.4, 0.5) is 11.8 Å². The van der Waals surface area contributed by atoms with Crippen molar-refractivity contribution >= 4 is 22.9 Å². The predicted octanol–water partition coefficient (Wildman–Crippen LogP) is 1.34. The van der Waals surface area contributed by atoms with E-state index < -0.39 is 0 Å². The van der Waals surface area contributed by atoms with E-state index in [1.807, 2.05) is 10.6 Å². The molecule has 116 valence electrons. The highest BCUT2D eigenvalue weighted by Crippen LogP contribution is 2.32. The van der Waals surface area contributed by atoms with Gasteiger partial charge in [0.2, 0.25) is 5.95 Å². The number of nitrogens with zero attached hydrogens (tertiary/aromatic N) is 4. The third kappa shape index (κ3) is 2.41. The quantitative estimate of drug-likeness (QED) is 0.720. The third-order valence-corrected chi connectivity index (χ3v) is 4.44. The lowest BCUT2D eigenvalue weighted by atomic mass is 10.1. The van der Waals surface area contributed by atoms with Crippen LogP contribution in [0.25, 0.3) is 11.2 Å². The highest BCUT2D eigenvalue weighted by molar-refractivity contribution is 5.84. The zero-order valence-electron chi connectivity index (χ0n) is 12.3. The number of hydrogen-bond donors (Lipinski definition) is 3. The molecule has 0 saturated heterocycles. The van der Waals surface area contributed by atoms with Gasteiger partial charge in [-0.05, 0) is 25.2 Å². The molecule has 0 aromatic carbocycles. The number of allylic oxidation sites excluding steroid dienone is 1. The van der Waals surface area contributed by atoms with Crippen molar-refractivity contribution in [1.29, 1.82) is 0 Å². The smallest absolute Gasteiger partial charge is 0.224 e. The summed E-state index contributed by atoms with van der Waals surface area (Å²) in [6.07, 6.45) is 9.35. The standard InChI is InChI=1S/C15H20N6O/c16-15-19-13(17-6-9-1-2-9)12-14(20-15)21(8-18-12)11-4-3-10(5-11)7-22/h3-4,8-11,22H,1-2,5-7H2,(H3,16,17,19,20)/t10-,11+/m0/s1. The molecule has 1 saturated carbocycles. The topological polar surface area (TPSA) is 102 Å². The second kappa shape index (κ2) is 5.24. The number of imidazole rings is 1. The molecule has 7 nitrogen and oxygen atoms in total. The van der Waals surface area contributed by atoms with Crippen LogP contribution in [-0.4, -0.2) is 37.8 Å². The van der Waals surface area contributed by atoms with Gasteiger partial charge in [0.1, 0.15) is 0 Å². The second-order valence-corrected chi connectivity index (χ2v) is 6.21. The molecule has 2 aromatic heterocycles. The maximum Gasteiger partial charge on any atom is 0.224 e. The zero-order chi connectivity index (χ0) is 15.1. The zero-order valence-corrected chi connectivity index (χ0v) is 12.3. The van der Waals surface area contributed by atoms with Crippen LogP contribution in [-0.2, 0) is 0 Å². The Morgan fingerprint density at radius 2 is 2.18 bits per heavy atom. The van der Waals surface area contributed by atoms with E-state index in [9.17, 15) is 5.11 Å². The summed E-state index contributed by atoms with van der Waals surface area (Å²) in [4.78, 5) is 13.1.